The molecule has 0 spiro atoms. The highest BCUT2D eigenvalue weighted by Crippen LogP contribution is 2.15. The first-order valence-electron chi connectivity index (χ1n) is 6.00. The van der Waals surface area contributed by atoms with Gasteiger partial charge in [0.2, 0.25) is 0 Å². The van der Waals surface area contributed by atoms with Crippen LogP contribution < -0.4 is 9.47 Å². The maximum absolute atomic E-state index is 10.8. The summed E-state index contributed by atoms with van der Waals surface area (Å²) in [5, 5.41) is 8.87. The first-order chi connectivity index (χ1) is 9.65. The Hall–Kier alpha value is -1.76. The second kappa shape index (κ2) is 7.14. The lowest BCUT2D eigenvalue weighted by molar-refractivity contribution is 0.0696. The van der Waals surface area contributed by atoms with Crippen molar-refractivity contribution in [3.63, 3.8) is 0 Å². The minimum absolute atomic E-state index is 0.209. The van der Waals surface area contributed by atoms with Crippen LogP contribution in [-0.4, -0.2) is 24.3 Å². The van der Waals surface area contributed by atoms with Crippen LogP contribution in [0.4, 0.5) is 0 Å². The summed E-state index contributed by atoms with van der Waals surface area (Å²) in [6, 6.07) is 14.1. The highest BCUT2D eigenvalue weighted by molar-refractivity contribution is 14.1. The van der Waals surface area contributed by atoms with Crippen molar-refractivity contribution in [2.24, 2.45) is 0 Å². The first-order valence-corrected chi connectivity index (χ1v) is 7.07. The minimum Gasteiger partial charge on any atom is -0.490 e. The number of carboxylic acids is 1. The number of carboxylic acid groups (broad SMARTS) is 1. The quantitative estimate of drug-likeness (QED) is 0.613. The predicted octanol–water partition coefficient (Wildman–Crippen LogP) is 3.45. The normalized spacial score (nSPS) is 10.1. The molecular formula is C15H13IO4. The number of carbonyl (C=O) groups is 1. The van der Waals surface area contributed by atoms with Crippen LogP contribution in [0.15, 0.2) is 48.5 Å². The van der Waals surface area contributed by atoms with Gasteiger partial charge in [-0.05, 0) is 65.1 Å². The Kier molecular flexibility index (Phi) is 5.23. The summed E-state index contributed by atoms with van der Waals surface area (Å²) in [7, 11) is 0. The molecule has 0 aliphatic carbocycles. The number of halogens is 1. The van der Waals surface area contributed by atoms with Crippen LogP contribution in [0.2, 0.25) is 0 Å². The van der Waals surface area contributed by atoms with E-state index in [4.69, 9.17) is 14.6 Å². The van der Waals surface area contributed by atoms with Crippen molar-refractivity contribution in [2.75, 3.05) is 13.2 Å². The first kappa shape index (κ1) is 14.6. The van der Waals surface area contributed by atoms with E-state index in [0.29, 0.717) is 19.0 Å². The molecule has 2 aromatic carbocycles. The number of rotatable bonds is 6. The molecule has 0 aromatic heterocycles. The van der Waals surface area contributed by atoms with E-state index in [0.717, 1.165) is 9.32 Å². The summed E-state index contributed by atoms with van der Waals surface area (Å²) in [5.41, 5.74) is 0.209. The molecule has 2 aromatic rings. The van der Waals surface area contributed by atoms with Gasteiger partial charge in [0.05, 0.1) is 5.56 Å². The molecule has 0 atom stereocenters. The van der Waals surface area contributed by atoms with Gasteiger partial charge >= 0.3 is 5.97 Å². The fraction of sp³-hybridized carbons (Fsp3) is 0.133. The molecule has 0 fully saturated rings. The van der Waals surface area contributed by atoms with Crippen molar-refractivity contribution in [3.8, 4) is 11.5 Å². The molecule has 0 bridgehead atoms. The summed E-state index contributed by atoms with van der Waals surface area (Å²) < 4.78 is 12.1. The highest BCUT2D eigenvalue weighted by Gasteiger charge is 2.03. The molecule has 1 N–H and O–H groups in total. The molecule has 0 aliphatic rings. The molecule has 5 heteroatoms. The van der Waals surface area contributed by atoms with E-state index in [2.05, 4.69) is 22.6 Å². The van der Waals surface area contributed by atoms with Gasteiger partial charge in [-0.25, -0.2) is 4.79 Å². The van der Waals surface area contributed by atoms with Gasteiger partial charge in [0.15, 0.2) is 0 Å². The van der Waals surface area contributed by atoms with Crippen LogP contribution in [0, 0.1) is 3.57 Å². The lowest BCUT2D eigenvalue weighted by Gasteiger charge is -2.08. The third-order valence-electron chi connectivity index (χ3n) is 2.52. The largest absolute Gasteiger partial charge is 0.490 e. The monoisotopic (exact) mass is 384 g/mol. The van der Waals surface area contributed by atoms with Gasteiger partial charge in [-0.2, -0.15) is 0 Å². The van der Waals surface area contributed by atoms with Crippen LogP contribution in [-0.2, 0) is 0 Å². The summed E-state index contributed by atoms with van der Waals surface area (Å²) in [6.07, 6.45) is 0. The van der Waals surface area contributed by atoms with Crippen LogP contribution in [0.1, 0.15) is 10.4 Å². The average molecular weight is 384 g/mol. The summed E-state index contributed by atoms with van der Waals surface area (Å²) in [5.74, 6) is 0.343. The third kappa shape index (κ3) is 4.41. The second-order valence-electron chi connectivity index (χ2n) is 3.98. The molecule has 104 valence electrons. The topological polar surface area (TPSA) is 55.8 Å². The lowest BCUT2D eigenvalue weighted by atomic mass is 10.2. The van der Waals surface area contributed by atoms with Gasteiger partial charge in [0.25, 0.3) is 0 Å². The predicted molar refractivity (Wildman–Crippen MR) is 83.6 cm³/mol. The van der Waals surface area contributed by atoms with Crippen molar-refractivity contribution >= 4 is 28.6 Å². The van der Waals surface area contributed by atoms with Crippen molar-refractivity contribution in [1.82, 2.24) is 0 Å². The smallest absolute Gasteiger partial charge is 0.335 e. The maximum Gasteiger partial charge on any atom is 0.335 e. The Bertz CT molecular complexity index is 581. The van der Waals surface area contributed by atoms with E-state index < -0.39 is 5.97 Å². The summed E-state index contributed by atoms with van der Waals surface area (Å²) >= 11 is 2.23. The number of hydrogen-bond donors (Lipinski definition) is 1. The summed E-state index contributed by atoms with van der Waals surface area (Å²) in [4.78, 5) is 10.8. The molecule has 20 heavy (non-hydrogen) atoms. The average Bonchev–Trinajstić information content (AvgIpc) is 2.46. The lowest BCUT2D eigenvalue weighted by Crippen LogP contribution is -2.09. The zero-order chi connectivity index (χ0) is 14.4. The second-order valence-corrected chi connectivity index (χ2v) is 5.23. The molecule has 0 saturated heterocycles. The van der Waals surface area contributed by atoms with E-state index in [1.54, 1.807) is 12.1 Å². The number of benzene rings is 2. The van der Waals surface area contributed by atoms with Crippen molar-refractivity contribution in [3.05, 3.63) is 57.7 Å². The fourth-order valence-corrected chi connectivity index (χ4v) is 1.93. The summed E-state index contributed by atoms with van der Waals surface area (Å²) in [6.45, 7) is 0.757. The highest BCUT2D eigenvalue weighted by atomic mass is 127. The molecule has 0 amide bonds. The molecule has 0 unspecified atom stereocenters. The van der Waals surface area contributed by atoms with E-state index in [-0.39, 0.29) is 5.56 Å². The van der Waals surface area contributed by atoms with Gasteiger partial charge in [-0.15, -0.1) is 0 Å². The van der Waals surface area contributed by atoms with Gasteiger partial charge < -0.3 is 14.6 Å². The van der Waals surface area contributed by atoms with Crippen LogP contribution in [0.3, 0.4) is 0 Å². The zero-order valence-electron chi connectivity index (χ0n) is 10.6. The van der Waals surface area contributed by atoms with E-state index in [1.165, 1.54) is 12.1 Å². The minimum atomic E-state index is -0.967. The van der Waals surface area contributed by atoms with Crippen molar-refractivity contribution in [2.45, 2.75) is 0 Å². The Morgan fingerprint density at radius 1 is 1.00 bits per heavy atom. The van der Waals surface area contributed by atoms with Crippen molar-refractivity contribution < 1.29 is 19.4 Å². The number of ether oxygens (including phenoxy) is 2. The van der Waals surface area contributed by atoms with E-state index >= 15 is 0 Å². The fourth-order valence-electron chi connectivity index (χ4n) is 1.57. The van der Waals surface area contributed by atoms with E-state index in [9.17, 15) is 4.79 Å². The molecule has 0 aliphatic heterocycles. The molecular weight excluding hydrogens is 371 g/mol. The Morgan fingerprint density at radius 3 is 2.30 bits per heavy atom. The van der Waals surface area contributed by atoms with Crippen LogP contribution in [0.25, 0.3) is 0 Å². The van der Waals surface area contributed by atoms with E-state index in [1.807, 2.05) is 24.3 Å². The van der Waals surface area contributed by atoms with Gasteiger partial charge in [-0.3, -0.25) is 0 Å². The van der Waals surface area contributed by atoms with Gasteiger partial charge in [0, 0.05) is 3.57 Å². The van der Waals surface area contributed by atoms with Crippen LogP contribution >= 0.6 is 22.6 Å². The third-order valence-corrected chi connectivity index (χ3v) is 3.23. The number of hydrogen-bond acceptors (Lipinski definition) is 3. The zero-order valence-corrected chi connectivity index (χ0v) is 12.7. The van der Waals surface area contributed by atoms with Gasteiger partial charge in [0.1, 0.15) is 24.7 Å². The molecule has 0 saturated carbocycles. The molecule has 0 radical (unpaired) electrons. The molecule has 0 heterocycles. The van der Waals surface area contributed by atoms with Crippen LogP contribution in [0.5, 0.6) is 11.5 Å². The molecule has 2 rings (SSSR count). The standard InChI is InChI=1S/C15H13IO4/c16-12-4-6-13(7-5-12)19-8-9-20-14-3-1-2-11(10-14)15(17)18/h1-7,10H,8-9H2,(H,17,18). The Morgan fingerprint density at radius 2 is 1.65 bits per heavy atom. The molecule has 4 nitrogen and oxygen atoms in total. The Balaban J connectivity index is 1.79. The van der Waals surface area contributed by atoms with Gasteiger partial charge in [-0.1, -0.05) is 6.07 Å². The maximum atomic E-state index is 10.8. The SMILES string of the molecule is O=C(O)c1cccc(OCCOc2ccc(I)cc2)c1. The van der Waals surface area contributed by atoms with Crippen molar-refractivity contribution in [1.29, 1.82) is 0 Å². The number of aromatic carboxylic acids is 1. The Labute approximate surface area is 130 Å².